The number of carbonyl (C=O) groups is 3. The summed E-state index contributed by atoms with van der Waals surface area (Å²) < 4.78 is 53.5. The van der Waals surface area contributed by atoms with Gasteiger partial charge in [-0.05, 0) is 97.0 Å². The molecule has 6 aromatic rings. The molecule has 0 unspecified atom stereocenters. The minimum atomic E-state index is -3.75. The van der Waals surface area contributed by atoms with E-state index < -0.39 is 11.7 Å². The van der Waals surface area contributed by atoms with E-state index in [0.717, 1.165) is 33.4 Å². The van der Waals surface area contributed by atoms with Crippen LogP contribution in [-0.4, -0.2) is 85.6 Å². The van der Waals surface area contributed by atoms with Crippen molar-refractivity contribution < 1.29 is 46.8 Å². The minimum absolute atomic E-state index is 0.0832. The Kier molecular flexibility index (Phi) is 13.7. The molecule has 67 heavy (non-hydrogen) atoms. The standard InChI is InChI=1S/C50H49F2N7O8/c1-4-37-38(34-11-15-39(56-28-34)47(61)54-3)29-57-45(53)43(37)31-9-13-36(14-10-31)65-25-24-64-23-22-63-21-20-55-46(60)33-7-5-6-32(26-33)44-30(2)8-17-42(58-44)59-48(62)49(18-19-49)35-12-16-40-41(27-35)67-50(51,52)66-40/h5-17,26-29H,4,18-25H2,1-3H3,(H2,53,57)(H,54,61)(H,55,60)(H,58,59,62). The van der Waals surface area contributed by atoms with Crippen LogP contribution in [0.1, 0.15) is 57.3 Å². The third-order valence-electron chi connectivity index (χ3n) is 11.5. The summed E-state index contributed by atoms with van der Waals surface area (Å²) in [5, 5.41) is 8.35. The smallest absolute Gasteiger partial charge is 0.491 e. The van der Waals surface area contributed by atoms with Crippen LogP contribution in [0.15, 0.2) is 103 Å². The highest BCUT2D eigenvalue weighted by Crippen LogP contribution is 2.52. The van der Waals surface area contributed by atoms with Crippen LogP contribution >= 0.6 is 0 Å². The summed E-state index contributed by atoms with van der Waals surface area (Å²) in [7, 11) is 1.56. The largest absolute Gasteiger partial charge is 0.586 e. The number of nitrogen functional groups attached to an aromatic ring is 1. The Hall–Kier alpha value is -7.50. The highest BCUT2D eigenvalue weighted by Gasteiger charge is 2.53. The van der Waals surface area contributed by atoms with Crippen LogP contribution < -0.4 is 35.9 Å². The highest BCUT2D eigenvalue weighted by atomic mass is 19.3. The predicted molar refractivity (Wildman–Crippen MR) is 246 cm³/mol. The van der Waals surface area contributed by atoms with Crippen LogP contribution in [0.4, 0.5) is 20.4 Å². The molecular formula is C50H49F2N7O8. The second kappa shape index (κ2) is 19.9. The van der Waals surface area contributed by atoms with E-state index in [1.54, 1.807) is 55.8 Å². The lowest BCUT2D eigenvalue weighted by atomic mass is 9.92. The molecule has 4 heterocycles. The maximum Gasteiger partial charge on any atom is 0.586 e. The summed E-state index contributed by atoms with van der Waals surface area (Å²) in [6, 6.07) is 26.1. The van der Waals surface area contributed by atoms with Gasteiger partial charge in [0.2, 0.25) is 5.91 Å². The molecule has 2 aliphatic rings. The van der Waals surface area contributed by atoms with Crippen LogP contribution in [0.5, 0.6) is 17.2 Å². The van der Waals surface area contributed by atoms with Crippen molar-refractivity contribution in [3.05, 3.63) is 131 Å². The summed E-state index contributed by atoms with van der Waals surface area (Å²) >= 11 is 0. The molecule has 1 fully saturated rings. The number of nitrogens with zero attached hydrogens (tertiary/aromatic N) is 3. The Balaban J connectivity index is 0.750. The fourth-order valence-electron chi connectivity index (χ4n) is 7.87. The molecule has 0 bridgehead atoms. The van der Waals surface area contributed by atoms with Gasteiger partial charge in [0.25, 0.3) is 11.8 Å². The lowest BCUT2D eigenvalue weighted by molar-refractivity contribution is -0.286. The van der Waals surface area contributed by atoms with Gasteiger partial charge in [-0.1, -0.05) is 49.4 Å². The fourth-order valence-corrected chi connectivity index (χ4v) is 7.87. The number of amides is 3. The number of hydrogen-bond acceptors (Lipinski definition) is 12. The highest BCUT2D eigenvalue weighted by molar-refractivity contribution is 6.01. The molecule has 0 spiro atoms. The van der Waals surface area contributed by atoms with Gasteiger partial charge in [0.05, 0.1) is 37.5 Å². The SMILES string of the molecule is CCc1c(-c2ccc(C(=O)NC)nc2)cnc(N)c1-c1ccc(OCCOCCOCCNC(=O)c2cccc(-c3nc(NC(=O)C4(c5ccc6c(c5)OC(F)(F)O6)CC4)ccc3C)c2)cc1. The van der Waals surface area contributed by atoms with Crippen molar-refractivity contribution in [1.82, 2.24) is 25.6 Å². The first-order chi connectivity index (χ1) is 32.4. The fraction of sp³-hybridized carbons (Fsp3) is 0.280. The van der Waals surface area contributed by atoms with Gasteiger partial charge in [-0.15, -0.1) is 8.78 Å². The zero-order valence-corrected chi connectivity index (χ0v) is 37.1. The van der Waals surface area contributed by atoms with Crippen molar-refractivity contribution in [2.24, 2.45) is 0 Å². The van der Waals surface area contributed by atoms with Gasteiger partial charge >= 0.3 is 6.29 Å². The van der Waals surface area contributed by atoms with Crippen LogP contribution in [-0.2, 0) is 26.1 Å². The molecule has 1 aliphatic heterocycles. The normalized spacial score (nSPS) is 14.0. The number of aryl methyl sites for hydroxylation is 1. The van der Waals surface area contributed by atoms with Crippen molar-refractivity contribution in [1.29, 1.82) is 0 Å². The molecule has 15 nitrogen and oxygen atoms in total. The van der Waals surface area contributed by atoms with Crippen molar-refractivity contribution in [3.8, 4) is 50.8 Å². The molecule has 3 aromatic carbocycles. The minimum Gasteiger partial charge on any atom is -0.491 e. The summed E-state index contributed by atoms with van der Waals surface area (Å²) in [5.41, 5.74) is 13.4. The number of hydrogen-bond donors (Lipinski definition) is 4. The number of pyridine rings is 3. The van der Waals surface area contributed by atoms with E-state index in [-0.39, 0.29) is 42.4 Å². The number of benzene rings is 3. The molecule has 346 valence electrons. The first-order valence-corrected chi connectivity index (χ1v) is 21.8. The van der Waals surface area contributed by atoms with Crippen LogP contribution in [0, 0.1) is 6.92 Å². The Labute approximate surface area is 385 Å². The van der Waals surface area contributed by atoms with Crippen LogP contribution in [0.3, 0.4) is 0 Å². The molecular weight excluding hydrogens is 865 g/mol. The maximum absolute atomic E-state index is 13.6. The molecule has 3 aromatic heterocycles. The summed E-state index contributed by atoms with van der Waals surface area (Å²) in [4.78, 5) is 52.1. The number of alkyl halides is 2. The lowest BCUT2D eigenvalue weighted by Gasteiger charge is -2.17. The van der Waals surface area contributed by atoms with E-state index in [4.69, 9.17) is 24.9 Å². The van der Waals surface area contributed by atoms with Gasteiger partial charge in [0, 0.05) is 53.8 Å². The molecule has 3 amide bonds. The Bertz CT molecular complexity index is 2790. The topological polar surface area (TPSA) is 198 Å². The summed E-state index contributed by atoms with van der Waals surface area (Å²) in [5.74, 6) is 0.354. The number of aromatic nitrogens is 3. The number of nitrogens with one attached hydrogen (secondary N) is 3. The average molecular weight is 914 g/mol. The van der Waals surface area contributed by atoms with Gasteiger partial charge in [-0.2, -0.15) is 0 Å². The van der Waals surface area contributed by atoms with E-state index in [9.17, 15) is 23.2 Å². The first kappa shape index (κ1) is 46.0. The molecule has 1 aliphatic carbocycles. The van der Waals surface area contributed by atoms with E-state index >= 15 is 0 Å². The predicted octanol–water partition coefficient (Wildman–Crippen LogP) is 7.52. The summed E-state index contributed by atoms with van der Waals surface area (Å²) in [6.07, 6.45) is 1.42. The Morgan fingerprint density at radius 1 is 0.791 bits per heavy atom. The second-order valence-electron chi connectivity index (χ2n) is 15.9. The monoisotopic (exact) mass is 913 g/mol. The van der Waals surface area contributed by atoms with Crippen molar-refractivity contribution in [2.45, 2.75) is 44.8 Å². The molecule has 0 atom stereocenters. The number of rotatable bonds is 19. The van der Waals surface area contributed by atoms with Crippen LogP contribution in [0.2, 0.25) is 0 Å². The zero-order chi connectivity index (χ0) is 47.1. The third kappa shape index (κ3) is 10.5. The van der Waals surface area contributed by atoms with Gasteiger partial charge in [0.15, 0.2) is 11.5 Å². The van der Waals surface area contributed by atoms with Gasteiger partial charge in [-0.25, -0.2) is 9.97 Å². The number of ether oxygens (including phenoxy) is 5. The number of carbonyl (C=O) groups excluding carboxylic acids is 3. The van der Waals surface area contributed by atoms with Crippen LogP contribution in [0.25, 0.3) is 33.5 Å². The third-order valence-corrected chi connectivity index (χ3v) is 11.5. The molecule has 8 rings (SSSR count). The van der Waals surface area contributed by atoms with Crippen molar-refractivity contribution >= 4 is 29.4 Å². The van der Waals surface area contributed by atoms with Gasteiger partial charge in [-0.3, -0.25) is 19.4 Å². The number of anilines is 2. The molecule has 17 heteroatoms. The van der Waals surface area contributed by atoms with E-state index in [0.29, 0.717) is 91.2 Å². The van der Waals surface area contributed by atoms with Gasteiger partial charge in [0.1, 0.15) is 29.7 Å². The molecule has 0 saturated heterocycles. The van der Waals surface area contributed by atoms with Crippen molar-refractivity contribution in [2.75, 3.05) is 57.7 Å². The molecule has 0 radical (unpaired) electrons. The average Bonchev–Trinajstić information content (AvgIpc) is 4.09. The summed E-state index contributed by atoms with van der Waals surface area (Å²) in [6.45, 7) is 5.86. The lowest BCUT2D eigenvalue weighted by Crippen LogP contribution is -2.28. The Morgan fingerprint density at radius 3 is 2.27 bits per heavy atom. The Morgan fingerprint density at radius 2 is 1.54 bits per heavy atom. The number of halogens is 2. The molecule has 5 N–H and O–H groups in total. The zero-order valence-electron chi connectivity index (χ0n) is 37.1. The van der Waals surface area contributed by atoms with Crippen molar-refractivity contribution in [3.63, 3.8) is 0 Å². The first-order valence-electron chi connectivity index (χ1n) is 21.8. The quantitative estimate of drug-likeness (QED) is 0.0584. The van der Waals surface area contributed by atoms with E-state index in [1.165, 1.54) is 12.1 Å². The van der Waals surface area contributed by atoms with E-state index in [1.807, 2.05) is 49.4 Å². The maximum atomic E-state index is 13.6. The van der Waals surface area contributed by atoms with Gasteiger partial charge < -0.3 is 45.4 Å². The molecule has 1 saturated carbocycles. The number of nitrogens with two attached hydrogens (primary N) is 1. The number of fused-ring (bicyclic) bond motifs is 1. The second-order valence-corrected chi connectivity index (χ2v) is 15.9. The van der Waals surface area contributed by atoms with E-state index in [2.05, 4.69) is 42.3 Å².